The molecular weight excluding hydrogens is 755 g/mol. The average Bonchev–Trinajstić information content (AvgIpc) is 3.74. The molecule has 0 atom stereocenters. The van der Waals surface area contributed by atoms with Crippen LogP contribution in [-0.2, 0) is 0 Å². The minimum Gasteiger partial charge on any atom is -0.456 e. The Labute approximate surface area is 360 Å². The van der Waals surface area contributed by atoms with Gasteiger partial charge in [-0.1, -0.05) is 182 Å². The highest BCUT2D eigenvalue weighted by molar-refractivity contribution is 6.14. The van der Waals surface area contributed by atoms with Crippen LogP contribution in [0, 0.1) is 0 Å². The van der Waals surface area contributed by atoms with Gasteiger partial charge >= 0.3 is 0 Å². The molecule has 11 rings (SSSR count). The number of anilines is 3. The summed E-state index contributed by atoms with van der Waals surface area (Å²) in [5.41, 5.74) is 16.4. The minimum atomic E-state index is 0.628. The van der Waals surface area contributed by atoms with Crippen molar-refractivity contribution >= 4 is 39.0 Å². The van der Waals surface area contributed by atoms with Gasteiger partial charge in [-0.2, -0.15) is 0 Å². The van der Waals surface area contributed by atoms with E-state index in [0.29, 0.717) is 5.82 Å². The Balaban J connectivity index is 1.01. The molecule has 0 N–H and O–H groups in total. The molecular formula is C58H39N3O. The van der Waals surface area contributed by atoms with E-state index in [1.165, 1.54) is 22.3 Å². The molecule has 0 amide bonds. The first kappa shape index (κ1) is 36.7. The maximum Gasteiger partial charge on any atom is 0.160 e. The van der Waals surface area contributed by atoms with E-state index in [1.807, 2.05) is 24.3 Å². The van der Waals surface area contributed by atoms with Crippen molar-refractivity contribution in [3.05, 3.63) is 237 Å². The van der Waals surface area contributed by atoms with Gasteiger partial charge in [-0.3, -0.25) is 0 Å². The number of fused-ring (bicyclic) bond motifs is 3. The molecule has 11 aromatic rings. The van der Waals surface area contributed by atoms with Gasteiger partial charge in [-0.25, -0.2) is 9.97 Å². The molecule has 2 aromatic heterocycles. The zero-order valence-corrected chi connectivity index (χ0v) is 33.8. The van der Waals surface area contributed by atoms with Gasteiger partial charge in [0.15, 0.2) is 5.82 Å². The van der Waals surface area contributed by atoms with Crippen LogP contribution in [0.1, 0.15) is 0 Å². The molecule has 0 saturated carbocycles. The van der Waals surface area contributed by atoms with E-state index in [4.69, 9.17) is 14.4 Å². The fourth-order valence-corrected chi connectivity index (χ4v) is 8.37. The largest absolute Gasteiger partial charge is 0.456 e. The molecule has 0 fully saturated rings. The van der Waals surface area contributed by atoms with Crippen LogP contribution < -0.4 is 4.90 Å². The highest BCUT2D eigenvalue weighted by Gasteiger charge is 2.21. The Bertz CT molecular complexity index is 3190. The van der Waals surface area contributed by atoms with Crippen molar-refractivity contribution in [1.29, 1.82) is 0 Å². The van der Waals surface area contributed by atoms with Crippen molar-refractivity contribution in [3.8, 4) is 67.3 Å². The number of para-hydroxylation sites is 1. The number of hydrogen-bond donors (Lipinski definition) is 0. The van der Waals surface area contributed by atoms with Crippen LogP contribution in [0.5, 0.6) is 0 Å². The lowest BCUT2D eigenvalue weighted by molar-refractivity contribution is 0.669. The molecule has 9 aromatic carbocycles. The van der Waals surface area contributed by atoms with Crippen LogP contribution in [0.4, 0.5) is 17.1 Å². The number of furan rings is 1. The lowest BCUT2D eigenvalue weighted by Crippen LogP contribution is -2.10. The molecule has 292 valence electrons. The van der Waals surface area contributed by atoms with Gasteiger partial charge < -0.3 is 9.32 Å². The third-order valence-electron chi connectivity index (χ3n) is 11.5. The number of benzene rings is 9. The molecule has 0 aliphatic rings. The van der Waals surface area contributed by atoms with Gasteiger partial charge in [-0.05, 0) is 88.0 Å². The molecule has 4 nitrogen and oxygen atoms in total. The topological polar surface area (TPSA) is 42.2 Å². The first-order valence-corrected chi connectivity index (χ1v) is 20.9. The van der Waals surface area contributed by atoms with E-state index in [2.05, 4.69) is 217 Å². The third kappa shape index (κ3) is 7.10. The summed E-state index contributed by atoms with van der Waals surface area (Å²) in [5.74, 6) is 0.628. The standard InChI is InChI=1S/C58H39N3O/c1-5-14-40(15-6-1)43-24-28-46(29-25-43)52-39-53(47-30-26-44(27-31-47)41-16-7-2-8-17-41)60-58(59-52)48-34-37-51-56(38-48)62-55-23-13-22-54(57(51)55)61(49-20-11-4-12-21-49)50-35-32-45(33-36-50)42-18-9-3-10-19-42/h1-39H. The predicted molar refractivity (Wildman–Crippen MR) is 257 cm³/mol. The van der Waals surface area contributed by atoms with E-state index in [0.717, 1.165) is 78.2 Å². The Hall–Kier alpha value is -8.34. The summed E-state index contributed by atoms with van der Waals surface area (Å²) < 4.78 is 6.71. The maximum absolute atomic E-state index is 6.71. The minimum absolute atomic E-state index is 0.628. The second-order valence-corrected chi connectivity index (χ2v) is 15.4. The third-order valence-corrected chi connectivity index (χ3v) is 11.5. The van der Waals surface area contributed by atoms with Gasteiger partial charge in [0.2, 0.25) is 0 Å². The van der Waals surface area contributed by atoms with E-state index in [-0.39, 0.29) is 0 Å². The maximum atomic E-state index is 6.71. The molecule has 62 heavy (non-hydrogen) atoms. The summed E-state index contributed by atoms with van der Waals surface area (Å²) in [6, 6.07) is 82.7. The van der Waals surface area contributed by atoms with Gasteiger partial charge in [0.25, 0.3) is 0 Å². The lowest BCUT2D eigenvalue weighted by atomic mass is 10.0. The fourth-order valence-electron chi connectivity index (χ4n) is 8.37. The van der Waals surface area contributed by atoms with E-state index >= 15 is 0 Å². The van der Waals surface area contributed by atoms with E-state index < -0.39 is 0 Å². The molecule has 0 bridgehead atoms. The van der Waals surface area contributed by atoms with Crippen molar-refractivity contribution in [2.45, 2.75) is 0 Å². The second-order valence-electron chi connectivity index (χ2n) is 15.4. The molecule has 0 spiro atoms. The monoisotopic (exact) mass is 793 g/mol. The van der Waals surface area contributed by atoms with Gasteiger partial charge in [0.05, 0.1) is 22.5 Å². The van der Waals surface area contributed by atoms with Crippen molar-refractivity contribution in [2.75, 3.05) is 4.90 Å². The van der Waals surface area contributed by atoms with Crippen LogP contribution >= 0.6 is 0 Å². The Morgan fingerprint density at radius 2 is 0.726 bits per heavy atom. The molecule has 0 aliphatic carbocycles. The van der Waals surface area contributed by atoms with E-state index in [1.54, 1.807) is 0 Å². The Morgan fingerprint density at radius 3 is 1.24 bits per heavy atom. The number of aromatic nitrogens is 2. The van der Waals surface area contributed by atoms with Crippen molar-refractivity contribution in [3.63, 3.8) is 0 Å². The summed E-state index contributed by atoms with van der Waals surface area (Å²) in [7, 11) is 0. The Morgan fingerprint density at radius 1 is 0.306 bits per heavy atom. The first-order chi connectivity index (χ1) is 30.7. The highest BCUT2D eigenvalue weighted by Crippen LogP contribution is 2.44. The average molecular weight is 794 g/mol. The summed E-state index contributed by atoms with van der Waals surface area (Å²) in [4.78, 5) is 12.8. The van der Waals surface area contributed by atoms with Crippen LogP contribution in [-0.4, -0.2) is 9.97 Å². The molecule has 2 heterocycles. The zero-order chi connectivity index (χ0) is 41.2. The predicted octanol–water partition coefficient (Wildman–Crippen LogP) is 15.8. The molecule has 4 heteroatoms. The summed E-state index contributed by atoms with van der Waals surface area (Å²) in [5, 5.41) is 2.06. The van der Waals surface area contributed by atoms with Gasteiger partial charge in [0.1, 0.15) is 11.2 Å². The number of rotatable bonds is 9. The van der Waals surface area contributed by atoms with Crippen LogP contribution in [0.3, 0.4) is 0 Å². The lowest BCUT2D eigenvalue weighted by Gasteiger charge is -2.26. The van der Waals surface area contributed by atoms with Crippen LogP contribution in [0.25, 0.3) is 89.2 Å². The highest BCUT2D eigenvalue weighted by atomic mass is 16.3. The second kappa shape index (κ2) is 16.0. The number of hydrogen-bond acceptors (Lipinski definition) is 4. The quantitative estimate of drug-likeness (QED) is 0.146. The molecule has 0 saturated heterocycles. The first-order valence-electron chi connectivity index (χ1n) is 20.9. The van der Waals surface area contributed by atoms with Crippen molar-refractivity contribution in [2.24, 2.45) is 0 Å². The fraction of sp³-hybridized carbons (Fsp3) is 0. The molecule has 0 aliphatic heterocycles. The van der Waals surface area contributed by atoms with Crippen LogP contribution in [0.2, 0.25) is 0 Å². The SMILES string of the molecule is c1ccc(-c2ccc(-c3cc(-c4ccc(-c5ccccc5)cc4)nc(-c4ccc5c(c4)oc4cccc(N(c6ccccc6)c6ccc(-c7ccccc7)cc6)c45)n3)cc2)cc1. The molecule has 0 radical (unpaired) electrons. The number of nitrogens with zero attached hydrogens (tertiary/aromatic N) is 3. The van der Waals surface area contributed by atoms with Crippen molar-refractivity contribution in [1.82, 2.24) is 9.97 Å². The Kier molecular flexibility index (Phi) is 9.49. The zero-order valence-electron chi connectivity index (χ0n) is 33.8. The van der Waals surface area contributed by atoms with Crippen molar-refractivity contribution < 1.29 is 4.42 Å². The van der Waals surface area contributed by atoms with Gasteiger partial charge in [0, 0.05) is 33.5 Å². The summed E-state index contributed by atoms with van der Waals surface area (Å²) >= 11 is 0. The molecule has 0 unspecified atom stereocenters. The van der Waals surface area contributed by atoms with E-state index in [9.17, 15) is 0 Å². The van der Waals surface area contributed by atoms with Crippen LogP contribution in [0.15, 0.2) is 241 Å². The normalized spacial score (nSPS) is 11.2. The summed E-state index contributed by atoms with van der Waals surface area (Å²) in [6.07, 6.45) is 0. The summed E-state index contributed by atoms with van der Waals surface area (Å²) in [6.45, 7) is 0. The van der Waals surface area contributed by atoms with Gasteiger partial charge in [-0.15, -0.1) is 0 Å². The smallest absolute Gasteiger partial charge is 0.160 e.